The Morgan fingerprint density at radius 1 is 1.14 bits per heavy atom. The molecule has 3 heterocycles. The van der Waals surface area contributed by atoms with Crippen LogP contribution in [0.2, 0.25) is 5.28 Å². The topological polar surface area (TPSA) is 160 Å². The summed E-state index contributed by atoms with van der Waals surface area (Å²) in [6.45, 7) is 4.79. The second-order valence-electron chi connectivity index (χ2n) is 12.3. The number of nitrogens with zero attached hydrogens (tertiary/aromatic N) is 4. The van der Waals surface area contributed by atoms with E-state index in [1.807, 2.05) is 0 Å². The van der Waals surface area contributed by atoms with Gasteiger partial charge in [0.25, 0.3) is 10.1 Å². The predicted molar refractivity (Wildman–Crippen MR) is 131 cm³/mol. The zero-order valence-electron chi connectivity index (χ0n) is 20.3. The number of hydrogen-bond donors (Lipinski definition) is 4. The lowest BCUT2D eigenvalue weighted by Crippen LogP contribution is -2.61. The van der Waals surface area contributed by atoms with Crippen LogP contribution in [0.25, 0.3) is 11.2 Å². The monoisotopic (exact) mass is 541 g/mol. The van der Waals surface area contributed by atoms with Gasteiger partial charge in [-0.3, -0.25) is 9.12 Å². The third kappa shape index (κ3) is 4.19. The van der Waals surface area contributed by atoms with Gasteiger partial charge in [0.15, 0.2) is 23.2 Å². The van der Waals surface area contributed by atoms with Gasteiger partial charge in [-0.2, -0.15) is 18.4 Å². The summed E-state index contributed by atoms with van der Waals surface area (Å²) in [6, 6.07) is 0. The molecule has 8 atom stereocenters. The highest BCUT2D eigenvalue weighted by Gasteiger charge is 2.60. The van der Waals surface area contributed by atoms with Crippen LogP contribution in [0.4, 0.5) is 5.82 Å². The first-order valence-corrected chi connectivity index (χ1v) is 14.4. The number of anilines is 1. The number of aliphatic hydroxyl groups is 2. The van der Waals surface area contributed by atoms with E-state index in [-0.39, 0.29) is 17.2 Å². The maximum absolute atomic E-state index is 11.1. The minimum absolute atomic E-state index is 0.0184. The largest absolute Gasteiger partial charge is 0.388 e. The number of ether oxygens (including phenoxy) is 1. The van der Waals surface area contributed by atoms with Gasteiger partial charge in [0.1, 0.15) is 12.2 Å². The molecule has 3 unspecified atom stereocenters. The van der Waals surface area contributed by atoms with Crippen molar-refractivity contribution in [2.24, 2.45) is 16.7 Å². The number of rotatable bonds is 6. The molecule has 4 aliphatic carbocycles. The maximum Gasteiger partial charge on any atom is 0.264 e. The average molecular weight is 542 g/mol. The van der Waals surface area contributed by atoms with Crippen LogP contribution in [0.5, 0.6) is 0 Å². The minimum atomic E-state index is -4.24. The molecule has 5 fully saturated rings. The van der Waals surface area contributed by atoms with Crippen molar-refractivity contribution in [2.75, 3.05) is 11.1 Å². The van der Waals surface area contributed by atoms with Gasteiger partial charge >= 0.3 is 0 Å². The summed E-state index contributed by atoms with van der Waals surface area (Å²) in [7, 11) is -4.24. The van der Waals surface area contributed by atoms with Crippen LogP contribution in [0.15, 0.2) is 6.33 Å². The summed E-state index contributed by atoms with van der Waals surface area (Å²) in [4.78, 5) is 13.3. The van der Waals surface area contributed by atoms with Crippen molar-refractivity contribution < 1.29 is 27.9 Å². The molecule has 4 N–H and O–H groups in total. The Labute approximate surface area is 214 Å². The van der Waals surface area contributed by atoms with Gasteiger partial charge in [-0.25, -0.2) is 4.98 Å². The Morgan fingerprint density at radius 2 is 1.83 bits per heavy atom. The van der Waals surface area contributed by atoms with Crippen LogP contribution in [0.3, 0.4) is 0 Å². The Bertz CT molecular complexity index is 1300. The van der Waals surface area contributed by atoms with Crippen LogP contribution in [-0.4, -0.2) is 72.3 Å². The molecule has 2 aromatic heterocycles. The minimum Gasteiger partial charge on any atom is -0.388 e. The highest BCUT2D eigenvalue weighted by Crippen LogP contribution is 2.66. The van der Waals surface area contributed by atoms with E-state index in [2.05, 4.69) is 34.1 Å². The van der Waals surface area contributed by atoms with Crippen LogP contribution in [0, 0.1) is 16.7 Å². The van der Waals surface area contributed by atoms with Crippen molar-refractivity contribution in [3.05, 3.63) is 11.6 Å². The first-order valence-electron chi connectivity index (χ1n) is 12.4. The fourth-order valence-electron chi connectivity index (χ4n) is 8.46. The number of aliphatic hydroxyl groups excluding tert-OH is 2. The van der Waals surface area contributed by atoms with Crippen molar-refractivity contribution in [3.8, 4) is 0 Å². The molecule has 198 valence electrons. The summed E-state index contributed by atoms with van der Waals surface area (Å²) in [5.74, 6) is 0.619. The molecule has 4 bridgehead atoms. The van der Waals surface area contributed by atoms with E-state index in [1.54, 1.807) is 0 Å². The number of halogens is 1. The normalized spacial score (nSPS) is 41.9. The van der Waals surface area contributed by atoms with E-state index >= 15 is 0 Å². The number of aromatic nitrogens is 4. The lowest BCUT2D eigenvalue weighted by Gasteiger charge is -2.65. The molecule has 0 amide bonds. The molecule has 1 aliphatic heterocycles. The molecular weight excluding hydrogens is 510 g/mol. The van der Waals surface area contributed by atoms with Crippen LogP contribution in [-0.2, 0) is 14.9 Å². The lowest BCUT2D eigenvalue weighted by molar-refractivity contribution is -0.0973. The molecule has 13 heteroatoms. The van der Waals surface area contributed by atoms with Crippen LogP contribution >= 0.6 is 11.6 Å². The summed E-state index contributed by atoms with van der Waals surface area (Å²) in [6.07, 6.45) is 3.47. The Balaban J connectivity index is 1.31. The van der Waals surface area contributed by atoms with E-state index in [4.69, 9.17) is 20.9 Å². The second-order valence-corrected chi connectivity index (χ2v) is 14.2. The van der Waals surface area contributed by atoms with Crippen molar-refractivity contribution in [2.45, 2.75) is 88.9 Å². The standard InChI is InChI=1S/C23H32ClN5O6S/c1-21-5-12-6-22(2,8-21)10-23(7-12,9-21)28-17-14-18(27-20(24)26-17)29(11-25-14)19-16(31)15(30)13(35-19)3-4-36(32,33)34/h11-13,15-16,19,30-31H,3-10H2,1-2H3,(H,26,27,28)(H,32,33,34)/t12?,13-,15?,16+,19-,21-,22+,23?/m1/s1. The molecule has 2 aromatic rings. The zero-order valence-corrected chi connectivity index (χ0v) is 21.8. The number of imidazole rings is 1. The van der Waals surface area contributed by atoms with Gasteiger partial charge in [0.05, 0.1) is 18.2 Å². The number of nitrogens with one attached hydrogen (secondary N) is 1. The van der Waals surface area contributed by atoms with Crippen molar-refractivity contribution in [1.82, 2.24) is 19.5 Å². The molecule has 36 heavy (non-hydrogen) atoms. The van der Waals surface area contributed by atoms with Crippen molar-refractivity contribution >= 4 is 38.7 Å². The van der Waals surface area contributed by atoms with E-state index in [0.29, 0.717) is 33.7 Å². The third-order valence-electron chi connectivity index (χ3n) is 8.68. The van der Waals surface area contributed by atoms with Crippen molar-refractivity contribution in [3.63, 3.8) is 0 Å². The van der Waals surface area contributed by atoms with E-state index in [9.17, 15) is 18.6 Å². The quantitative estimate of drug-likeness (QED) is 0.316. The summed E-state index contributed by atoms with van der Waals surface area (Å²) >= 11 is 6.34. The Hall–Kier alpha value is -1.57. The van der Waals surface area contributed by atoms with Gasteiger partial charge in [-0.1, -0.05) is 13.8 Å². The molecule has 0 aromatic carbocycles. The predicted octanol–water partition coefficient (Wildman–Crippen LogP) is 2.54. The van der Waals surface area contributed by atoms with Crippen LogP contribution < -0.4 is 5.32 Å². The fraction of sp³-hybridized carbons (Fsp3) is 0.783. The Kier molecular flexibility index (Phi) is 5.48. The van der Waals surface area contributed by atoms with Gasteiger partial charge in [0, 0.05) is 5.54 Å². The summed E-state index contributed by atoms with van der Waals surface area (Å²) in [5.41, 5.74) is 1.32. The highest BCUT2D eigenvalue weighted by atomic mass is 35.5. The number of fused-ring (bicyclic) bond motifs is 1. The molecular formula is C23H32ClN5O6S. The van der Waals surface area contributed by atoms with Crippen LogP contribution in [0.1, 0.15) is 65.0 Å². The molecule has 0 radical (unpaired) electrons. The van der Waals surface area contributed by atoms with Gasteiger partial charge in [-0.15, -0.1) is 0 Å². The van der Waals surface area contributed by atoms with Gasteiger partial charge in [0.2, 0.25) is 5.28 Å². The lowest BCUT2D eigenvalue weighted by atomic mass is 9.43. The molecule has 0 spiro atoms. The number of hydrogen-bond acceptors (Lipinski definition) is 9. The highest BCUT2D eigenvalue weighted by molar-refractivity contribution is 7.85. The van der Waals surface area contributed by atoms with Gasteiger partial charge in [-0.05, 0) is 73.3 Å². The second kappa shape index (κ2) is 7.97. The molecule has 11 nitrogen and oxygen atoms in total. The van der Waals surface area contributed by atoms with Crippen molar-refractivity contribution in [1.29, 1.82) is 0 Å². The third-order valence-corrected chi connectivity index (χ3v) is 9.60. The fourth-order valence-corrected chi connectivity index (χ4v) is 9.16. The maximum atomic E-state index is 11.1. The summed E-state index contributed by atoms with van der Waals surface area (Å²) in [5, 5.41) is 24.9. The first-order chi connectivity index (χ1) is 16.8. The zero-order chi connectivity index (χ0) is 25.7. The molecule has 1 saturated heterocycles. The summed E-state index contributed by atoms with van der Waals surface area (Å²) < 4.78 is 38.6. The Morgan fingerprint density at radius 3 is 2.47 bits per heavy atom. The van der Waals surface area contributed by atoms with E-state index in [1.165, 1.54) is 30.2 Å². The SMILES string of the molecule is C[C@]12CC3CC(Nc4nc(Cl)nc5c4ncn5[C@@H]4O[C@H](CCS(=O)(=O)O)C(O)[C@@H]4O)(C1)C[C@@](C)(C3)C2. The molecule has 5 aliphatic rings. The molecule has 4 saturated carbocycles. The van der Waals surface area contributed by atoms with E-state index < -0.39 is 40.4 Å². The molecule has 7 rings (SSSR count). The smallest absolute Gasteiger partial charge is 0.264 e. The first kappa shape index (κ1) is 24.7. The van der Waals surface area contributed by atoms with E-state index in [0.717, 1.165) is 19.3 Å². The van der Waals surface area contributed by atoms with Gasteiger partial charge < -0.3 is 20.3 Å². The average Bonchev–Trinajstić information content (AvgIpc) is 3.24.